The lowest BCUT2D eigenvalue weighted by molar-refractivity contribution is -0.332. The van der Waals surface area contributed by atoms with Crippen LogP contribution in [0, 0.1) is 34.5 Å². The van der Waals surface area contributed by atoms with E-state index >= 15 is 0 Å². The molecule has 1 aromatic rings. The number of carbonyl (C=O) groups is 3. The van der Waals surface area contributed by atoms with Crippen LogP contribution in [0.15, 0.2) is 48.1 Å². The van der Waals surface area contributed by atoms with Gasteiger partial charge in [-0.25, -0.2) is 4.79 Å². The van der Waals surface area contributed by atoms with Crippen LogP contribution in [0.2, 0.25) is 0 Å². The summed E-state index contributed by atoms with van der Waals surface area (Å²) in [4.78, 5) is 39.1. The van der Waals surface area contributed by atoms with Crippen LogP contribution < -0.4 is 0 Å². The maximum Gasteiger partial charge on any atom is 0.331 e. The van der Waals surface area contributed by atoms with E-state index in [9.17, 15) is 24.6 Å². The Kier molecular flexibility index (Phi) is 5.36. The first-order chi connectivity index (χ1) is 17.5. The Hall–Kier alpha value is -2.81. The molecule has 0 amide bonds. The Morgan fingerprint density at radius 1 is 1.22 bits per heavy atom. The molecule has 8 nitrogen and oxygen atoms in total. The first-order valence-electron chi connectivity index (χ1n) is 12.9. The predicted molar refractivity (Wildman–Crippen MR) is 130 cm³/mol. The van der Waals surface area contributed by atoms with E-state index in [2.05, 4.69) is 0 Å². The molecule has 5 aliphatic rings. The van der Waals surface area contributed by atoms with E-state index in [1.165, 1.54) is 12.2 Å². The molecule has 4 fully saturated rings. The summed E-state index contributed by atoms with van der Waals surface area (Å²) in [5.74, 6) is -5.23. The Labute approximate surface area is 215 Å². The molecule has 37 heavy (non-hydrogen) atoms. The van der Waals surface area contributed by atoms with E-state index in [0.29, 0.717) is 6.42 Å². The molecule has 3 aliphatic carbocycles. The molecular formula is C29H32O8. The number of aliphatic hydroxyl groups is 2. The minimum absolute atomic E-state index is 0.0893. The average Bonchev–Trinajstić information content (AvgIpc) is 3.16. The van der Waals surface area contributed by atoms with Crippen molar-refractivity contribution in [3.05, 3.63) is 53.6 Å². The maximum absolute atomic E-state index is 13.5. The van der Waals surface area contributed by atoms with Gasteiger partial charge >= 0.3 is 11.9 Å². The number of ketones is 1. The lowest BCUT2D eigenvalue weighted by Crippen LogP contribution is -2.76. The molecule has 2 bridgehead atoms. The number of aliphatic hydroxyl groups excluding tert-OH is 1. The molecule has 2 saturated carbocycles. The molecule has 2 N–H and O–H groups in total. The van der Waals surface area contributed by atoms with Crippen molar-refractivity contribution in [1.29, 1.82) is 0 Å². The Morgan fingerprint density at radius 3 is 2.68 bits per heavy atom. The van der Waals surface area contributed by atoms with Crippen LogP contribution in [0.25, 0.3) is 6.08 Å². The summed E-state index contributed by atoms with van der Waals surface area (Å²) in [5, 5.41) is 23.3. The van der Waals surface area contributed by atoms with Gasteiger partial charge in [-0.2, -0.15) is 0 Å². The Bertz CT molecular complexity index is 1220. The van der Waals surface area contributed by atoms with Crippen molar-refractivity contribution in [2.75, 3.05) is 6.61 Å². The highest BCUT2D eigenvalue weighted by molar-refractivity contribution is 5.99. The fourth-order valence-electron chi connectivity index (χ4n) is 8.59. The molecule has 10 atom stereocenters. The number of hydrogen-bond donors (Lipinski definition) is 2. The molecule has 1 aromatic carbocycles. The van der Waals surface area contributed by atoms with Gasteiger partial charge in [-0.3, -0.25) is 9.59 Å². The largest absolute Gasteiger partial charge is 0.462 e. The van der Waals surface area contributed by atoms with Crippen LogP contribution in [0.1, 0.15) is 39.2 Å². The van der Waals surface area contributed by atoms with Crippen molar-refractivity contribution in [3.63, 3.8) is 0 Å². The van der Waals surface area contributed by atoms with Crippen LogP contribution in [-0.4, -0.2) is 58.6 Å². The second-order valence-electron chi connectivity index (χ2n) is 11.7. The standard InChI is InChI=1S/C29H32O8/c1-15-11-20(30)25(37-22(31)10-9-17-7-5-4-6-8-17)27(3)18(15)12-21-28-14-35-29(34,26(27)28)24(33)16(2)19(28)13-23(32)36-21/h4-11,16,18-19,21,24-26,33-34H,12-14H2,1-3H3/b10-9+/t16-,18+,19+,21-,24-,25-,26-,27-,28-,29-/m1/s1. The molecule has 6 rings (SSSR count). The summed E-state index contributed by atoms with van der Waals surface area (Å²) >= 11 is 0. The second-order valence-corrected chi connectivity index (χ2v) is 11.7. The topological polar surface area (TPSA) is 119 Å². The van der Waals surface area contributed by atoms with Crippen LogP contribution in [0.3, 0.4) is 0 Å². The third-order valence-corrected chi connectivity index (χ3v) is 10.0. The highest BCUT2D eigenvalue weighted by atomic mass is 16.6. The fraction of sp³-hybridized carbons (Fsp3) is 0.552. The molecule has 0 unspecified atom stereocenters. The highest BCUT2D eigenvalue weighted by Gasteiger charge is 2.82. The van der Waals surface area contributed by atoms with Gasteiger partial charge in [0, 0.05) is 29.2 Å². The van der Waals surface area contributed by atoms with Crippen LogP contribution in [-0.2, 0) is 28.6 Å². The zero-order valence-electron chi connectivity index (χ0n) is 21.1. The average molecular weight is 509 g/mol. The summed E-state index contributed by atoms with van der Waals surface area (Å²) in [7, 11) is 0. The molecule has 1 spiro atoms. The molecule has 8 heteroatoms. The maximum atomic E-state index is 13.5. The van der Waals surface area contributed by atoms with E-state index < -0.39 is 52.7 Å². The quantitative estimate of drug-likeness (QED) is 0.472. The van der Waals surface area contributed by atoms with Crippen LogP contribution in [0.5, 0.6) is 0 Å². The summed E-state index contributed by atoms with van der Waals surface area (Å²) in [6.45, 7) is 5.60. The van der Waals surface area contributed by atoms with Crippen LogP contribution in [0.4, 0.5) is 0 Å². The van der Waals surface area contributed by atoms with E-state index in [1.54, 1.807) is 6.08 Å². The number of ether oxygens (including phenoxy) is 3. The van der Waals surface area contributed by atoms with E-state index in [0.717, 1.165) is 11.1 Å². The number of esters is 2. The van der Waals surface area contributed by atoms with Gasteiger partial charge in [0.2, 0.25) is 0 Å². The van der Waals surface area contributed by atoms with Gasteiger partial charge in [-0.05, 0) is 48.8 Å². The zero-order chi connectivity index (χ0) is 26.3. The van der Waals surface area contributed by atoms with Gasteiger partial charge in [0.15, 0.2) is 17.7 Å². The summed E-state index contributed by atoms with van der Waals surface area (Å²) in [6.07, 6.45) is 1.88. The highest BCUT2D eigenvalue weighted by Crippen LogP contribution is 2.73. The number of rotatable bonds is 3. The molecular weight excluding hydrogens is 476 g/mol. The monoisotopic (exact) mass is 508 g/mol. The van der Waals surface area contributed by atoms with Gasteiger partial charge in [0.25, 0.3) is 0 Å². The first kappa shape index (κ1) is 24.5. The van der Waals surface area contributed by atoms with Gasteiger partial charge in [0.05, 0.1) is 6.61 Å². The predicted octanol–water partition coefficient (Wildman–Crippen LogP) is 2.43. The lowest BCUT2D eigenvalue weighted by atomic mass is 9.38. The van der Waals surface area contributed by atoms with Crippen molar-refractivity contribution < 1.29 is 38.8 Å². The van der Waals surface area contributed by atoms with Crippen molar-refractivity contribution in [2.24, 2.45) is 34.5 Å². The molecule has 0 aromatic heterocycles. The van der Waals surface area contributed by atoms with E-state index in [4.69, 9.17) is 14.2 Å². The van der Waals surface area contributed by atoms with Crippen molar-refractivity contribution in [1.82, 2.24) is 0 Å². The molecule has 2 saturated heterocycles. The number of carbonyl (C=O) groups excluding carboxylic acids is 3. The van der Waals surface area contributed by atoms with Gasteiger partial charge < -0.3 is 24.4 Å². The summed E-state index contributed by atoms with van der Waals surface area (Å²) in [5.41, 5.74) is -0.333. The minimum atomic E-state index is -1.98. The van der Waals surface area contributed by atoms with Crippen LogP contribution >= 0.6 is 0 Å². The van der Waals surface area contributed by atoms with E-state index in [-0.39, 0.29) is 36.6 Å². The second kappa shape index (κ2) is 8.09. The summed E-state index contributed by atoms with van der Waals surface area (Å²) < 4.78 is 17.8. The van der Waals surface area contributed by atoms with Gasteiger partial charge in [-0.1, -0.05) is 49.8 Å². The minimum Gasteiger partial charge on any atom is -0.462 e. The van der Waals surface area contributed by atoms with Crippen molar-refractivity contribution >= 4 is 23.8 Å². The SMILES string of the molecule is CC1=CC(=O)[C@@H](OC(=O)/C=C/c2ccccc2)[C@]2(C)[C@H]3[C@]4(O)OC[C@@]35[C@@H](C[C@@H]12)OC(=O)C[C@H]5[C@@H](C)[C@H]4O. The first-order valence-corrected chi connectivity index (χ1v) is 12.9. The fourth-order valence-corrected chi connectivity index (χ4v) is 8.59. The van der Waals surface area contributed by atoms with Crippen molar-refractivity contribution in [3.8, 4) is 0 Å². The Morgan fingerprint density at radius 2 is 1.95 bits per heavy atom. The molecule has 196 valence electrons. The van der Waals surface area contributed by atoms with Gasteiger partial charge in [0.1, 0.15) is 12.2 Å². The normalized spacial score (nSPS) is 46.1. The number of allylic oxidation sites excluding steroid dienone is 1. The number of fused-ring (bicyclic) bond motifs is 1. The third kappa shape index (κ3) is 3.15. The third-order valence-electron chi connectivity index (χ3n) is 10.0. The summed E-state index contributed by atoms with van der Waals surface area (Å²) in [6, 6.07) is 9.27. The molecule has 0 radical (unpaired) electrons. The van der Waals surface area contributed by atoms with Crippen molar-refractivity contribution in [2.45, 2.75) is 57.7 Å². The van der Waals surface area contributed by atoms with E-state index in [1.807, 2.05) is 51.1 Å². The Balaban J connectivity index is 1.45. The zero-order valence-corrected chi connectivity index (χ0v) is 21.1. The lowest BCUT2D eigenvalue weighted by Gasteiger charge is -2.67. The number of benzene rings is 1. The number of hydrogen-bond acceptors (Lipinski definition) is 8. The van der Waals surface area contributed by atoms with Gasteiger partial charge in [-0.15, -0.1) is 0 Å². The molecule has 2 heterocycles. The molecule has 2 aliphatic heterocycles. The smallest absolute Gasteiger partial charge is 0.331 e.